The van der Waals surface area contributed by atoms with Gasteiger partial charge in [-0.2, -0.15) is 5.48 Å². The Balaban J connectivity index is 1.76. The first-order valence-electron chi connectivity index (χ1n) is 13.9. The number of sulfonamides is 1. The van der Waals surface area contributed by atoms with Crippen molar-refractivity contribution < 1.29 is 42.1 Å². The minimum Gasteiger partial charge on any atom is -0.497 e. The van der Waals surface area contributed by atoms with Crippen LogP contribution < -0.4 is 34.0 Å². The maximum atomic E-state index is 13.6. The van der Waals surface area contributed by atoms with E-state index in [0.29, 0.717) is 23.0 Å². The SMILES string of the molecule is COc1cccc(ONC(=O)c2cc(NS(=O)(=O)c3ccc(C(C)(C)C)cc3)c(Oc3cccc(OC)c3)c(OCCO)c2)c1. The zero-order chi connectivity index (χ0) is 32.6. The molecule has 0 aliphatic carbocycles. The van der Waals surface area contributed by atoms with Crippen molar-refractivity contribution in [1.29, 1.82) is 0 Å². The number of ether oxygens (including phenoxy) is 4. The number of aliphatic hydroxyl groups is 1. The molecule has 11 nitrogen and oxygen atoms in total. The van der Waals surface area contributed by atoms with Crippen LogP contribution in [0.3, 0.4) is 0 Å². The van der Waals surface area contributed by atoms with E-state index in [0.717, 1.165) is 5.56 Å². The van der Waals surface area contributed by atoms with E-state index < -0.39 is 15.9 Å². The van der Waals surface area contributed by atoms with Crippen LogP contribution in [-0.2, 0) is 15.4 Å². The third kappa shape index (κ3) is 8.58. The Morgan fingerprint density at radius 1 is 0.822 bits per heavy atom. The van der Waals surface area contributed by atoms with Gasteiger partial charge in [0.05, 0.1) is 31.4 Å². The molecule has 0 unspecified atom stereocenters. The second-order valence-electron chi connectivity index (χ2n) is 10.8. The molecule has 238 valence electrons. The van der Waals surface area contributed by atoms with Crippen molar-refractivity contribution in [2.45, 2.75) is 31.1 Å². The van der Waals surface area contributed by atoms with Gasteiger partial charge in [0.15, 0.2) is 17.2 Å². The Morgan fingerprint density at radius 2 is 1.42 bits per heavy atom. The highest BCUT2D eigenvalue weighted by Crippen LogP contribution is 2.42. The van der Waals surface area contributed by atoms with Gasteiger partial charge >= 0.3 is 0 Å². The smallest absolute Gasteiger partial charge is 0.284 e. The number of nitrogens with one attached hydrogen (secondary N) is 2. The highest BCUT2D eigenvalue weighted by atomic mass is 32.2. The third-order valence-electron chi connectivity index (χ3n) is 6.50. The molecule has 0 saturated carbocycles. The van der Waals surface area contributed by atoms with Gasteiger partial charge in [-0.3, -0.25) is 9.52 Å². The average Bonchev–Trinajstić information content (AvgIpc) is 3.03. The minimum atomic E-state index is -4.18. The van der Waals surface area contributed by atoms with E-state index in [9.17, 15) is 18.3 Å². The molecule has 0 heterocycles. The van der Waals surface area contributed by atoms with E-state index in [-0.39, 0.29) is 46.3 Å². The Bertz CT molecular complexity index is 1730. The molecule has 0 aliphatic heterocycles. The third-order valence-corrected chi connectivity index (χ3v) is 7.89. The van der Waals surface area contributed by atoms with Gasteiger partial charge in [0, 0.05) is 17.7 Å². The molecular weight excluding hydrogens is 600 g/mol. The van der Waals surface area contributed by atoms with Crippen molar-refractivity contribution in [1.82, 2.24) is 5.48 Å². The molecule has 1 amide bonds. The second-order valence-corrected chi connectivity index (χ2v) is 12.5. The Morgan fingerprint density at radius 3 is 2.02 bits per heavy atom. The summed E-state index contributed by atoms with van der Waals surface area (Å²) in [6, 6.07) is 22.4. The first-order chi connectivity index (χ1) is 21.4. The number of rotatable bonds is 13. The lowest BCUT2D eigenvalue weighted by Gasteiger charge is -2.20. The molecule has 4 rings (SSSR count). The van der Waals surface area contributed by atoms with Crippen molar-refractivity contribution in [2.75, 3.05) is 32.2 Å². The highest BCUT2D eigenvalue weighted by Gasteiger charge is 2.24. The lowest BCUT2D eigenvalue weighted by atomic mass is 9.87. The van der Waals surface area contributed by atoms with Crippen LogP contribution in [0.25, 0.3) is 0 Å². The average molecular weight is 637 g/mol. The second kappa shape index (κ2) is 14.2. The summed E-state index contributed by atoms with van der Waals surface area (Å²) in [4.78, 5) is 18.7. The lowest BCUT2D eigenvalue weighted by molar-refractivity contribution is 0.0759. The molecular formula is C33H36N2O9S. The predicted octanol–water partition coefficient (Wildman–Crippen LogP) is 5.69. The van der Waals surface area contributed by atoms with E-state index in [2.05, 4.69) is 10.2 Å². The summed E-state index contributed by atoms with van der Waals surface area (Å²) in [6.45, 7) is 5.56. The lowest BCUT2D eigenvalue weighted by Crippen LogP contribution is -2.27. The van der Waals surface area contributed by atoms with E-state index in [4.69, 9.17) is 23.8 Å². The van der Waals surface area contributed by atoms with Crippen LogP contribution in [-0.4, -0.2) is 46.9 Å². The number of hydrogen-bond donors (Lipinski definition) is 3. The fourth-order valence-electron chi connectivity index (χ4n) is 4.13. The molecule has 0 fully saturated rings. The van der Waals surface area contributed by atoms with Gasteiger partial charge in [0.25, 0.3) is 15.9 Å². The van der Waals surface area contributed by atoms with Crippen LogP contribution in [0.1, 0.15) is 36.7 Å². The summed E-state index contributed by atoms with van der Waals surface area (Å²) < 4.78 is 52.2. The quantitative estimate of drug-likeness (QED) is 0.158. The van der Waals surface area contributed by atoms with Crippen molar-refractivity contribution in [3.63, 3.8) is 0 Å². The fraction of sp³-hybridized carbons (Fsp3) is 0.242. The molecule has 4 aromatic carbocycles. The van der Waals surface area contributed by atoms with E-state index in [1.165, 1.54) is 38.5 Å². The molecule has 0 aromatic heterocycles. The molecule has 0 aliphatic rings. The number of carbonyl (C=O) groups is 1. The van der Waals surface area contributed by atoms with Crippen LogP contribution in [0.15, 0.2) is 89.8 Å². The van der Waals surface area contributed by atoms with Gasteiger partial charge in [-0.25, -0.2) is 8.42 Å². The number of amides is 1. The summed E-state index contributed by atoms with van der Waals surface area (Å²) in [5.41, 5.74) is 3.00. The topological polar surface area (TPSA) is 142 Å². The number of hydroxylamine groups is 1. The number of aliphatic hydroxyl groups excluding tert-OH is 1. The van der Waals surface area contributed by atoms with Crippen molar-refractivity contribution in [2.24, 2.45) is 0 Å². The summed E-state index contributed by atoms with van der Waals surface area (Å²) in [6.07, 6.45) is 0. The number of anilines is 1. The largest absolute Gasteiger partial charge is 0.497 e. The Kier molecular flexibility index (Phi) is 10.4. The highest BCUT2D eigenvalue weighted by molar-refractivity contribution is 7.92. The standard InChI is InChI=1S/C33H36N2O9S/c1-33(2,3)23-12-14-28(15-13-23)45(38,39)35-29-18-22(32(37)34-44-27-11-7-9-25(21-27)41-5)19-30(42-17-16-36)31(29)43-26-10-6-8-24(20-26)40-4/h6-15,18-21,35-36H,16-17H2,1-5H3,(H,34,37). The number of benzene rings is 4. The number of carbonyl (C=O) groups excluding carboxylic acids is 1. The van der Waals surface area contributed by atoms with Crippen LogP contribution in [0.5, 0.6) is 34.5 Å². The van der Waals surface area contributed by atoms with Crippen molar-refractivity contribution in [3.05, 3.63) is 96.1 Å². The van der Waals surface area contributed by atoms with Gasteiger partial charge in [0.1, 0.15) is 23.9 Å². The molecule has 12 heteroatoms. The molecule has 45 heavy (non-hydrogen) atoms. The molecule has 4 aromatic rings. The molecule has 0 bridgehead atoms. The van der Waals surface area contributed by atoms with Gasteiger partial charge in [-0.1, -0.05) is 45.0 Å². The van der Waals surface area contributed by atoms with Crippen LogP contribution >= 0.6 is 0 Å². The molecule has 0 spiro atoms. The fourth-order valence-corrected chi connectivity index (χ4v) is 5.18. The molecule has 0 atom stereocenters. The zero-order valence-electron chi connectivity index (χ0n) is 25.6. The van der Waals surface area contributed by atoms with E-state index >= 15 is 0 Å². The summed E-state index contributed by atoms with van der Waals surface area (Å²) in [5, 5.41) is 9.49. The number of methoxy groups -OCH3 is 2. The number of hydrogen-bond acceptors (Lipinski definition) is 9. The van der Waals surface area contributed by atoms with E-state index in [1.54, 1.807) is 60.7 Å². The van der Waals surface area contributed by atoms with Gasteiger partial charge in [-0.05, 0) is 59.5 Å². The first-order valence-corrected chi connectivity index (χ1v) is 15.4. The normalized spacial score (nSPS) is 11.3. The monoisotopic (exact) mass is 636 g/mol. The summed E-state index contributed by atoms with van der Waals surface area (Å²) in [7, 11) is -1.18. The van der Waals surface area contributed by atoms with Crippen LogP contribution in [0, 0.1) is 0 Å². The van der Waals surface area contributed by atoms with E-state index in [1.807, 2.05) is 20.8 Å². The Hall–Kier alpha value is -4.94. The minimum absolute atomic E-state index is 0.00290. The zero-order valence-corrected chi connectivity index (χ0v) is 26.4. The predicted molar refractivity (Wildman–Crippen MR) is 169 cm³/mol. The molecule has 0 radical (unpaired) electrons. The van der Waals surface area contributed by atoms with Gasteiger partial charge in [0.2, 0.25) is 0 Å². The molecule has 0 saturated heterocycles. The van der Waals surface area contributed by atoms with Crippen molar-refractivity contribution >= 4 is 21.6 Å². The van der Waals surface area contributed by atoms with Crippen LogP contribution in [0.2, 0.25) is 0 Å². The van der Waals surface area contributed by atoms with Crippen LogP contribution in [0.4, 0.5) is 5.69 Å². The van der Waals surface area contributed by atoms with Gasteiger partial charge in [-0.15, -0.1) is 0 Å². The summed E-state index contributed by atoms with van der Waals surface area (Å²) in [5.74, 6) is 0.853. The molecule has 3 N–H and O–H groups in total. The van der Waals surface area contributed by atoms with Gasteiger partial charge < -0.3 is 28.9 Å². The summed E-state index contributed by atoms with van der Waals surface area (Å²) >= 11 is 0. The first kappa shape index (κ1) is 33.0. The Labute approximate surface area is 262 Å². The maximum Gasteiger partial charge on any atom is 0.284 e. The van der Waals surface area contributed by atoms with Crippen molar-refractivity contribution in [3.8, 4) is 34.5 Å². The maximum absolute atomic E-state index is 13.6.